The summed E-state index contributed by atoms with van der Waals surface area (Å²) in [5, 5.41) is 2.98. The Morgan fingerprint density at radius 1 is 1.07 bits per heavy atom. The third-order valence-electron chi connectivity index (χ3n) is 6.41. The lowest BCUT2D eigenvalue weighted by Crippen LogP contribution is -2.55. The molecule has 28 heavy (non-hydrogen) atoms. The molecule has 0 aliphatic carbocycles. The van der Waals surface area contributed by atoms with Crippen molar-refractivity contribution in [1.29, 1.82) is 0 Å². The lowest BCUT2D eigenvalue weighted by molar-refractivity contribution is -0.136. The van der Waals surface area contributed by atoms with Gasteiger partial charge in [0, 0.05) is 32.2 Å². The Bertz CT molecular complexity index is 750. The highest BCUT2D eigenvalue weighted by Gasteiger charge is 2.54. The van der Waals surface area contributed by atoms with Crippen LogP contribution in [0.3, 0.4) is 0 Å². The van der Waals surface area contributed by atoms with Crippen LogP contribution in [-0.4, -0.2) is 77.4 Å². The Balaban J connectivity index is 1.35. The maximum Gasteiger partial charge on any atom is 0.325 e. The Kier molecular flexibility index (Phi) is 5.10. The summed E-state index contributed by atoms with van der Waals surface area (Å²) in [7, 11) is 2.04. The predicted octanol–water partition coefficient (Wildman–Crippen LogP) is 1.24. The number of piperidine rings is 2. The number of hydrogen-bond acceptors (Lipinski definition) is 4. The van der Waals surface area contributed by atoms with Crippen molar-refractivity contribution in [2.45, 2.75) is 43.7 Å². The monoisotopic (exact) mass is 384 g/mol. The van der Waals surface area contributed by atoms with Crippen molar-refractivity contribution in [2.24, 2.45) is 0 Å². The number of nitrogens with zero attached hydrogens (tertiary/aromatic N) is 3. The van der Waals surface area contributed by atoms with Crippen LogP contribution in [0, 0.1) is 0 Å². The summed E-state index contributed by atoms with van der Waals surface area (Å²) in [6, 6.07) is 9.35. The predicted molar refractivity (Wildman–Crippen MR) is 105 cm³/mol. The van der Waals surface area contributed by atoms with Crippen LogP contribution in [0.15, 0.2) is 30.3 Å². The molecule has 3 heterocycles. The van der Waals surface area contributed by atoms with E-state index in [4.69, 9.17) is 0 Å². The van der Waals surface area contributed by atoms with Crippen molar-refractivity contribution < 1.29 is 14.4 Å². The van der Waals surface area contributed by atoms with E-state index in [1.165, 1.54) is 4.90 Å². The number of carbonyl (C=O) groups excluding carboxylic acids is 3. The number of likely N-dealkylation sites (tertiary alicyclic amines) is 2. The first kappa shape index (κ1) is 18.9. The molecule has 0 radical (unpaired) electrons. The molecule has 7 heteroatoms. The summed E-state index contributed by atoms with van der Waals surface area (Å²) < 4.78 is 0. The molecule has 0 saturated carbocycles. The van der Waals surface area contributed by atoms with Crippen molar-refractivity contribution in [3.63, 3.8) is 0 Å². The second kappa shape index (κ2) is 7.54. The van der Waals surface area contributed by atoms with Gasteiger partial charge in [0.2, 0.25) is 5.91 Å². The summed E-state index contributed by atoms with van der Waals surface area (Å²) in [6.45, 7) is 2.80. The fraction of sp³-hybridized carbons (Fsp3) is 0.571. The molecule has 7 nitrogen and oxygen atoms in total. The van der Waals surface area contributed by atoms with Gasteiger partial charge in [0.05, 0.1) is 6.42 Å². The topological polar surface area (TPSA) is 73.0 Å². The molecule has 3 fully saturated rings. The normalized spacial score (nSPS) is 23.3. The summed E-state index contributed by atoms with van der Waals surface area (Å²) >= 11 is 0. The van der Waals surface area contributed by atoms with Crippen LogP contribution in [0.4, 0.5) is 4.79 Å². The van der Waals surface area contributed by atoms with Gasteiger partial charge < -0.3 is 15.1 Å². The third-order valence-corrected chi connectivity index (χ3v) is 6.41. The molecular weight excluding hydrogens is 356 g/mol. The van der Waals surface area contributed by atoms with Crippen LogP contribution in [0.1, 0.15) is 31.2 Å². The Hall–Kier alpha value is -2.41. The molecule has 0 bridgehead atoms. The van der Waals surface area contributed by atoms with Gasteiger partial charge in [-0.2, -0.15) is 0 Å². The highest BCUT2D eigenvalue weighted by Crippen LogP contribution is 2.32. The molecule has 3 saturated heterocycles. The first-order valence-corrected chi connectivity index (χ1v) is 10.1. The average molecular weight is 384 g/mol. The maximum atomic E-state index is 13.1. The number of imide groups is 1. The Labute approximate surface area is 165 Å². The van der Waals surface area contributed by atoms with Crippen molar-refractivity contribution in [2.75, 3.05) is 33.2 Å². The van der Waals surface area contributed by atoms with Crippen LogP contribution < -0.4 is 5.32 Å². The fourth-order valence-corrected chi connectivity index (χ4v) is 4.57. The van der Waals surface area contributed by atoms with Gasteiger partial charge in [-0.3, -0.25) is 14.5 Å². The first-order valence-electron chi connectivity index (χ1n) is 10.1. The number of nitrogens with one attached hydrogen (secondary N) is 1. The Morgan fingerprint density at radius 3 is 2.36 bits per heavy atom. The minimum Gasteiger partial charge on any atom is -0.342 e. The number of rotatable bonds is 3. The van der Waals surface area contributed by atoms with E-state index in [-0.39, 0.29) is 23.9 Å². The summed E-state index contributed by atoms with van der Waals surface area (Å²) in [5.41, 5.74) is 0.289. The molecule has 1 spiro atoms. The highest BCUT2D eigenvalue weighted by molar-refractivity contribution is 6.07. The van der Waals surface area contributed by atoms with Crippen molar-refractivity contribution in [3.05, 3.63) is 35.9 Å². The first-order chi connectivity index (χ1) is 13.5. The zero-order chi connectivity index (χ0) is 19.7. The van der Waals surface area contributed by atoms with Crippen LogP contribution in [-0.2, 0) is 16.0 Å². The van der Waals surface area contributed by atoms with Crippen LogP contribution >= 0.6 is 0 Å². The fourth-order valence-electron chi connectivity index (χ4n) is 4.57. The van der Waals surface area contributed by atoms with Crippen molar-refractivity contribution in [1.82, 2.24) is 20.0 Å². The largest absolute Gasteiger partial charge is 0.342 e. The lowest BCUT2D eigenvalue weighted by atomic mass is 9.87. The van der Waals surface area contributed by atoms with Gasteiger partial charge in [-0.25, -0.2) is 4.79 Å². The Morgan fingerprint density at radius 2 is 1.71 bits per heavy atom. The van der Waals surface area contributed by atoms with Crippen LogP contribution in [0.5, 0.6) is 0 Å². The number of amides is 4. The number of urea groups is 1. The van der Waals surface area contributed by atoms with E-state index in [9.17, 15) is 14.4 Å². The van der Waals surface area contributed by atoms with Crippen LogP contribution in [0.2, 0.25) is 0 Å². The quantitative estimate of drug-likeness (QED) is 0.796. The molecule has 0 aromatic heterocycles. The van der Waals surface area contributed by atoms with E-state index >= 15 is 0 Å². The molecule has 4 amide bonds. The molecular formula is C21H28N4O3. The zero-order valence-electron chi connectivity index (χ0n) is 16.4. The highest BCUT2D eigenvalue weighted by atomic mass is 16.2. The molecule has 1 N–H and O–H groups in total. The summed E-state index contributed by atoms with van der Waals surface area (Å²) in [4.78, 5) is 43.7. The number of benzene rings is 1. The van der Waals surface area contributed by atoms with E-state index < -0.39 is 5.54 Å². The van der Waals surface area contributed by atoms with Crippen molar-refractivity contribution >= 4 is 17.8 Å². The van der Waals surface area contributed by atoms with E-state index in [0.29, 0.717) is 45.2 Å². The molecule has 3 aliphatic heterocycles. The molecule has 0 unspecified atom stereocenters. The van der Waals surface area contributed by atoms with Gasteiger partial charge in [0.15, 0.2) is 0 Å². The van der Waals surface area contributed by atoms with Gasteiger partial charge in [-0.1, -0.05) is 30.3 Å². The minimum atomic E-state index is -0.718. The van der Waals surface area contributed by atoms with Gasteiger partial charge in [0.25, 0.3) is 5.91 Å². The van der Waals surface area contributed by atoms with Gasteiger partial charge in [-0.15, -0.1) is 0 Å². The molecule has 4 rings (SSSR count). The number of hydrogen-bond donors (Lipinski definition) is 1. The van der Waals surface area contributed by atoms with Gasteiger partial charge >= 0.3 is 6.03 Å². The molecule has 3 aliphatic rings. The van der Waals surface area contributed by atoms with E-state index in [1.54, 1.807) is 0 Å². The van der Waals surface area contributed by atoms with E-state index in [2.05, 4.69) is 10.2 Å². The standard InChI is InChI=1S/C21H28N4O3/c1-23-13-9-21(10-14-23)19(27)25(20(28)22-21)17-7-11-24(12-8-17)18(26)15-16-5-3-2-4-6-16/h2-6,17H,7-15H2,1H3,(H,22,28). The average Bonchev–Trinajstić information content (AvgIpc) is 2.95. The maximum absolute atomic E-state index is 13.1. The summed E-state index contributed by atoms with van der Waals surface area (Å²) in [6.07, 6.45) is 3.02. The molecule has 0 atom stereocenters. The van der Waals surface area contributed by atoms with E-state index in [0.717, 1.165) is 18.7 Å². The van der Waals surface area contributed by atoms with Gasteiger partial charge in [-0.05, 0) is 38.3 Å². The second-order valence-electron chi connectivity index (χ2n) is 8.27. The number of carbonyl (C=O) groups is 3. The lowest BCUT2D eigenvalue weighted by Gasteiger charge is -2.37. The minimum absolute atomic E-state index is 0.0698. The molecule has 1 aromatic carbocycles. The van der Waals surface area contributed by atoms with Gasteiger partial charge in [0.1, 0.15) is 5.54 Å². The zero-order valence-corrected chi connectivity index (χ0v) is 16.4. The molecule has 1 aromatic rings. The third kappa shape index (κ3) is 3.51. The van der Waals surface area contributed by atoms with E-state index in [1.807, 2.05) is 42.3 Å². The molecule has 150 valence electrons. The second-order valence-corrected chi connectivity index (χ2v) is 8.27. The summed E-state index contributed by atoms with van der Waals surface area (Å²) in [5.74, 6) is 0.0355. The smallest absolute Gasteiger partial charge is 0.325 e. The SMILES string of the molecule is CN1CCC2(CC1)NC(=O)N(C1CCN(C(=O)Cc3ccccc3)CC1)C2=O. The van der Waals surface area contributed by atoms with Crippen molar-refractivity contribution in [3.8, 4) is 0 Å². The van der Waals surface area contributed by atoms with Crippen LogP contribution in [0.25, 0.3) is 0 Å².